The molecule has 2 aliphatic carbocycles. The van der Waals surface area contributed by atoms with E-state index < -0.39 is 0 Å². The van der Waals surface area contributed by atoms with Crippen molar-refractivity contribution in [3.8, 4) is 0 Å². The predicted molar refractivity (Wildman–Crippen MR) is 91.3 cm³/mol. The van der Waals surface area contributed by atoms with Crippen LogP contribution in [-0.2, 0) is 6.54 Å². The average Bonchev–Trinajstić information content (AvgIpc) is 3.19. The highest BCUT2D eigenvalue weighted by molar-refractivity contribution is 5.74. The second-order valence-electron chi connectivity index (χ2n) is 7.53. The van der Waals surface area contributed by atoms with Gasteiger partial charge in [-0.2, -0.15) is 5.10 Å². The molecule has 5 nitrogen and oxygen atoms in total. The number of carbonyl (C=O) groups excluding carboxylic acids is 1. The highest BCUT2D eigenvalue weighted by Gasteiger charge is 2.42. The van der Waals surface area contributed by atoms with Gasteiger partial charge in [-0.3, -0.25) is 4.68 Å². The van der Waals surface area contributed by atoms with Crippen LogP contribution in [0, 0.1) is 31.6 Å². The molecule has 0 radical (unpaired) electrons. The average molecular weight is 318 g/mol. The summed E-state index contributed by atoms with van der Waals surface area (Å²) < 4.78 is 2.01. The molecular weight excluding hydrogens is 288 g/mol. The number of amides is 2. The van der Waals surface area contributed by atoms with Gasteiger partial charge in [-0.1, -0.05) is 6.42 Å². The predicted octanol–water partition coefficient (Wildman–Crippen LogP) is 3.01. The van der Waals surface area contributed by atoms with Gasteiger partial charge in [0.25, 0.3) is 0 Å². The Morgan fingerprint density at radius 1 is 1.39 bits per heavy atom. The Balaban J connectivity index is 1.34. The Morgan fingerprint density at radius 2 is 2.22 bits per heavy atom. The molecule has 1 aromatic rings. The van der Waals surface area contributed by atoms with Crippen LogP contribution in [0.3, 0.4) is 0 Å². The zero-order valence-electron chi connectivity index (χ0n) is 14.6. The summed E-state index contributed by atoms with van der Waals surface area (Å²) in [7, 11) is 0. The zero-order chi connectivity index (χ0) is 16.4. The topological polar surface area (TPSA) is 59.0 Å². The molecule has 4 atom stereocenters. The van der Waals surface area contributed by atoms with Gasteiger partial charge >= 0.3 is 6.03 Å². The van der Waals surface area contributed by atoms with Gasteiger partial charge in [-0.15, -0.1) is 0 Å². The lowest BCUT2D eigenvalue weighted by atomic mass is 9.84. The third kappa shape index (κ3) is 3.88. The van der Waals surface area contributed by atoms with Gasteiger partial charge in [0.15, 0.2) is 0 Å². The van der Waals surface area contributed by atoms with Crippen molar-refractivity contribution < 1.29 is 4.79 Å². The number of aromatic nitrogens is 2. The van der Waals surface area contributed by atoms with Crippen molar-refractivity contribution in [1.29, 1.82) is 0 Å². The first-order valence-corrected chi connectivity index (χ1v) is 9.08. The summed E-state index contributed by atoms with van der Waals surface area (Å²) in [5, 5.41) is 10.6. The van der Waals surface area contributed by atoms with Crippen LogP contribution in [0.2, 0.25) is 0 Å². The third-order valence-corrected chi connectivity index (χ3v) is 5.73. The summed E-state index contributed by atoms with van der Waals surface area (Å²) in [6.07, 6.45) is 6.38. The standard InChI is InChI=1S/C18H30N4O/c1-12-9-13(2)22(21-12)8-4-7-19-18(23)20-14(3)17-11-15-5-6-16(17)10-15/h9,14-17H,4-8,10-11H2,1-3H3,(H2,19,20,23). The van der Waals surface area contributed by atoms with Crippen molar-refractivity contribution in [2.75, 3.05) is 6.54 Å². The number of aryl methyl sites for hydroxylation is 3. The maximum absolute atomic E-state index is 12.1. The fraction of sp³-hybridized carbons (Fsp3) is 0.778. The molecule has 4 unspecified atom stereocenters. The first kappa shape index (κ1) is 16.3. The minimum absolute atomic E-state index is 0.0198. The van der Waals surface area contributed by atoms with Crippen molar-refractivity contribution in [2.24, 2.45) is 17.8 Å². The Bertz CT molecular complexity index is 553. The van der Waals surface area contributed by atoms with E-state index in [4.69, 9.17) is 0 Å². The molecule has 0 aliphatic heterocycles. The summed E-state index contributed by atoms with van der Waals surface area (Å²) in [4.78, 5) is 12.1. The molecule has 5 heteroatoms. The van der Waals surface area contributed by atoms with Crippen LogP contribution >= 0.6 is 0 Å². The van der Waals surface area contributed by atoms with Crippen LogP contribution in [0.4, 0.5) is 4.79 Å². The van der Waals surface area contributed by atoms with Gasteiger partial charge < -0.3 is 10.6 Å². The zero-order valence-corrected chi connectivity index (χ0v) is 14.6. The molecule has 23 heavy (non-hydrogen) atoms. The van der Waals surface area contributed by atoms with Crippen LogP contribution in [0.25, 0.3) is 0 Å². The van der Waals surface area contributed by atoms with E-state index >= 15 is 0 Å². The maximum Gasteiger partial charge on any atom is 0.315 e. The normalized spacial score (nSPS) is 27.2. The quantitative estimate of drug-likeness (QED) is 0.792. The van der Waals surface area contributed by atoms with E-state index in [1.807, 2.05) is 11.6 Å². The molecule has 2 bridgehead atoms. The van der Waals surface area contributed by atoms with Gasteiger partial charge in [0.1, 0.15) is 0 Å². The molecule has 2 aliphatic rings. The summed E-state index contributed by atoms with van der Waals surface area (Å²) >= 11 is 0. The molecule has 3 rings (SSSR count). The molecule has 0 aromatic carbocycles. The van der Waals surface area contributed by atoms with E-state index in [0.717, 1.165) is 30.5 Å². The second kappa shape index (κ2) is 6.93. The second-order valence-corrected chi connectivity index (χ2v) is 7.53. The SMILES string of the molecule is Cc1cc(C)n(CCCNC(=O)NC(C)C2CC3CCC2C3)n1. The first-order chi connectivity index (χ1) is 11.0. The van der Waals surface area contributed by atoms with E-state index in [1.165, 1.54) is 31.4 Å². The molecule has 0 saturated heterocycles. The van der Waals surface area contributed by atoms with Crippen molar-refractivity contribution in [2.45, 2.75) is 65.5 Å². The molecule has 0 spiro atoms. The summed E-state index contributed by atoms with van der Waals surface area (Å²) in [5.41, 5.74) is 2.23. The Morgan fingerprint density at radius 3 is 2.83 bits per heavy atom. The van der Waals surface area contributed by atoms with E-state index in [1.54, 1.807) is 0 Å². The highest BCUT2D eigenvalue weighted by Crippen LogP contribution is 2.49. The summed E-state index contributed by atoms with van der Waals surface area (Å²) in [5.74, 6) is 2.47. The fourth-order valence-corrected chi connectivity index (χ4v) is 4.60. The number of nitrogens with one attached hydrogen (secondary N) is 2. The van der Waals surface area contributed by atoms with E-state index in [2.05, 4.69) is 35.6 Å². The molecular formula is C18H30N4O. The van der Waals surface area contributed by atoms with Gasteiger partial charge in [0.05, 0.1) is 5.69 Å². The third-order valence-electron chi connectivity index (χ3n) is 5.73. The molecule has 2 saturated carbocycles. The number of carbonyl (C=O) groups is 1. The molecule has 2 fully saturated rings. The lowest BCUT2D eigenvalue weighted by Gasteiger charge is -2.28. The largest absolute Gasteiger partial charge is 0.338 e. The minimum atomic E-state index is -0.0198. The van der Waals surface area contributed by atoms with Gasteiger partial charge in [-0.25, -0.2) is 4.79 Å². The Labute approximate surface area is 139 Å². The van der Waals surface area contributed by atoms with Gasteiger partial charge in [0.2, 0.25) is 0 Å². The summed E-state index contributed by atoms with van der Waals surface area (Å²) in [6.45, 7) is 7.78. The number of fused-ring (bicyclic) bond motifs is 2. The first-order valence-electron chi connectivity index (χ1n) is 9.08. The number of hydrogen-bond donors (Lipinski definition) is 2. The Hall–Kier alpha value is -1.52. The molecule has 2 N–H and O–H groups in total. The monoisotopic (exact) mass is 318 g/mol. The smallest absolute Gasteiger partial charge is 0.315 e. The number of hydrogen-bond acceptors (Lipinski definition) is 2. The van der Waals surface area contributed by atoms with E-state index in [9.17, 15) is 4.79 Å². The van der Waals surface area contributed by atoms with Crippen molar-refractivity contribution >= 4 is 6.03 Å². The van der Waals surface area contributed by atoms with Crippen molar-refractivity contribution in [3.63, 3.8) is 0 Å². The lowest BCUT2D eigenvalue weighted by Crippen LogP contribution is -2.45. The van der Waals surface area contributed by atoms with Crippen LogP contribution in [0.5, 0.6) is 0 Å². The van der Waals surface area contributed by atoms with Gasteiger partial charge in [0, 0.05) is 24.8 Å². The van der Waals surface area contributed by atoms with Crippen molar-refractivity contribution in [3.05, 3.63) is 17.5 Å². The van der Waals surface area contributed by atoms with Crippen LogP contribution < -0.4 is 10.6 Å². The van der Waals surface area contributed by atoms with E-state index in [-0.39, 0.29) is 6.03 Å². The van der Waals surface area contributed by atoms with Crippen molar-refractivity contribution in [1.82, 2.24) is 20.4 Å². The highest BCUT2D eigenvalue weighted by atomic mass is 16.2. The minimum Gasteiger partial charge on any atom is -0.338 e. The summed E-state index contributed by atoms with van der Waals surface area (Å²) in [6, 6.07) is 2.35. The van der Waals surface area contributed by atoms with Crippen LogP contribution in [-0.4, -0.2) is 28.4 Å². The number of nitrogens with zero attached hydrogens (tertiary/aromatic N) is 2. The maximum atomic E-state index is 12.1. The van der Waals surface area contributed by atoms with Crippen LogP contribution in [0.15, 0.2) is 6.07 Å². The van der Waals surface area contributed by atoms with E-state index in [0.29, 0.717) is 18.5 Å². The van der Waals surface area contributed by atoms with Gasteiger partial charge in [-0.05, 0) is 70.3 Å². The number of urea groups is 1. The number of rotatable bonds is 6. The molecule has 1 aromatic heterocycles. The molecule has 1 heterocycles. The molecule has 128 valence electrons. The lowest BCUT2D eigenvalue weighted by molar-refractivity contribution is 0.220. The fourth-order valence-electron chi connectivity index (χ4n) is 4.60. The molecule has 2 amide bonds. The Kier molecular flexibility index (Phi) is 4.93. The van der Waals surface area contributed by atoms with Crippen LogP contribution in [0.1, 0.15) is 50.4 Å².